The van der Waals surface area contributed by atoms with Crippen LogP contribution in [0, 0.1) is 6.92 Å². The number of hydrogen-bond acceptors (Lipinski definition) is 4. The molecule has 1 amide bonds. The minimum absolute atomic E-state index is 0.142. The third-order valence-electron chi connectivity index (χ3n) is 5.61. The first-order chi connectivity index (χ1) is 15.0. The molecule has 1 saturated heterocycles. The van der Waals surface area contributed by atoms with Crippen LogP contribution in [-0.2, 0) is 9.59 Å². The predicted octanol–water partition coefficient (Wildman–Crippen LogP) is 5.40. The van der Waals surface area contributed by atoms with Crippen molar-refractivity contribution < 1.29 is 19.4 Å². The lowest BCUT2D eigenvalue weighted by molar-refractivity contribution is -0.139. The quantitative estimate of drug-likeness (QED) is 0.255. The Morgan fingerprint density at radius 3 is 2.52 bits per heavy atom. The summed E-state index contributed by atoms with van der Waals surface area (Å²) in [5.74, 6) is -0.728. The molecule has 1 heterocycles. The number of ketones is 1. The smallest absolute Gasteiger partial charge is 0.295 e. The van der Waals surface area contributed by atoms with Gasteiger partial charge in [-0.2, -0.15) is 0 Å². The Balaban J connectivity index is 2.10. The van der Waals surface area contributed by atoms with Gasteiger partial charge in [0.1, 0.15) is 11.5 Å². The van der Waals surface area contributed by atoms with E-state index in [1.54, 1.807) is 23.1 Å². The lowest BCUT2D eigenvalue weighted by atomic mass is 9.92. The second kappa shape index (κ2) is 10.3. The number of hydrogen-bond donors (Lipinski definition) is 1. The zero-order valence-corrected chi connectivity index (χ0v) is 18.6. The number of ether oxygens (including phenoxy) is 1. The Kier molecular flexibility index (Phi) is 7.50. The van der Waals surface area contributed by atoms with Crippen molar-refractivity contribution in [2.24, 2.45) is 0 Å². The highest BCUT2D eigenvalue weighted by molar-refractivity contribution is 6.46. The highest BCUT2D eigenvalue weighted by Crippen LogP contribution is 2.40. The van der Waals surface area contributed by atoms with Gasteiger partial charge < -0.3 is 14.7 Å². The monoisotopic (exact) mass is 421 g/mol. The number of unbranched alkanes of at least 4 members (excludes halogenated alkanes) is 2. The molecule has 1 fully saturated rings. The molecule has 1 N–H and O–H groups in total. The molecule has 164 valence electrons. The summed E-state index contributed by atoms with van der Waals surface area (Å²) in [5.41, 5.74) is 2.45. The number of rotatable bonds is 9. The van der Waals surface area contributed by atoms with Crippen LogP contribution >= 0.6 is 0 Å². The van der Waals surface area contributed by atoms with Gasteiger partial charge in [0.15, 0.2) is 0 Å². The molecule has 1 aliphatic rings. The van der Waals surface area contributed by atoms with Crippen LogP contribution in [0.5, 0.6) is 5.75 Å². The highest BCUT2D eigenvalue weighted by Gasteiger charge is 2.46. The fraction of sp³-hybridized carbons (Fsp3) is 0.385. The zero-order valence-electron chi connectivity index (χ0n) is 18.6. The molecule has 0 radical (unpaired) electrons. The average Bonchev–Trinajstić information content (AvgIpc) is 3.02. The van der Waals surface area contributed by atoms with Crippen LogP contribution in [0.3, 0.4) is 0 Å². The maximum absolute atomic E-state index is 13.1. The van der Waals surface area contributed by atoms with Crippen molar-refractivity contribution >= 4 is 17.4 Å². The van der Waals surface area contributed by atoms with E-state index in [9.17, 15) is 14.7 Å². The number of carbonyl (C=O) groups excluding carboxylic acids is 2. The third-order valence-corrected chi connectivity index (χ3v) is 5.61. The summed E-state index contributed by atoms with van der Waals surface area (Å²) in [6.07, 6.45) is 3.67. The number of nitrogens with zero attached hydrogens (tertiary/aromatic N) is 1. The third kappa shape index (κ3) is 4.82. The van der Waals surface area contributed by atoms with E-state index in [-0.39, 0.29) is 11.3 Å². The molecule has 1 aliphatic heterocycles. The Morgan fingerprint density at radius 2 is 1.81 bits per heavy atom. The number of benzene rings is 2. The first kappa shape index (κ1) is 22.6. The first-order valence-electron chi connectivity index (χ1n) is 11.1. The van der Waals surface area contributed by atoms with Crippen molar-refractivity contribution in [3.05, 3.63) is 70.8 Å². The van der Waals surface area contributed by atoms with E-state index in [2.05, 4.69) is 6.92 Å². The average molecular weight is 422 g/mol. The molecule has 0 aliphatic carbocycles. The fourth-order valence-corrected chi connectivity index (χ4v) is 3.97. The van der Waals surface area contributed by atoms with Crippen LogP contribution < -0.4 is 4.74 Å². The van der Waals surface area contributed by atoms with Gasteiger partial charge in [-0.05, 0) is 43.0 Å². The molecule has 2 aromatic carbocycles. The van der Waals surface area contributed by atoms with Gasteiger partial charge in [0.2, 0.25) is 0 Å². The molecule has 0 saturated carbocycles. The number of amides is 1. The zero-order chi connectivity index (χ0) is 22.4. The van der Waals surface area contributed by atoms with Gasteiger partial charge >= 0.3 is 0 Å². The van der Waals surface area contributed by atoms with Crippen molar-refractivity contribution in [2.45, 2.75) is 52.5 Å². The Bertz CT molecular complexity index is 979. The number of aliphatic hydroxyl groups is 1. The Labute approximate surface area is 184 Å². The molecule has 5 heteroatoms. The van der Waals surface area contributed by atoms with Crippen molar-refractivity contribution in [1.82, 2.24) is 4.90 Å². The molecule has 0 aromatic heterocycles. The number of likely N-dealkylation sites (tertiary alicyclic amines) is 1. The van der Waals surface area contributed by atoms with Crippen LogP contribution in [-0.4, -0.2) is 34.8 Å². The van der Waals surface area contributed by atoms with Crippen molar-refractivity contribution in [3.8, 4) is 5.75 Å². The van der Waals surface area contributed by atoms with E-state index in [0.29, 0.717) is 24.5 Å². The number of carbonyl (C=O) groups is 2. The molecule has 31 heavy (non-hydrogen) atoms. The van der Waals surface area contributed by atoms with Gasteiger partial charge in [-0.15, -0.1) is 0 Å². The summed E-state index contributed by atoms with van der Waals surface area (Å²) >= 11 is 0. The lowest BCUT2D eigenvalue weighted by Crippen LogP contribution is -2.31. The number of aliphatic hydroxyl groups excluding tert-OH is 1. The molecule has 5 nitrogen and oxygen atoms in total. The molecule has 0 bridgehead atoms. The van der Waals surface area contributed by atoms with Gasteiger partial charge in [0, 0.05) is 12.1 Å². The van der Waals surface area contributed by atoms with Crippen molar-refractivity contribution in [2.75, 3.05) is 13.2 Å². The van der Waals surface area contributed by atoms with E-state index >= 15 is 0 Å². The van der Waals surface area contributed by atoms with Gasteiger partial charge in [0.05, 0.1) is 18.2 Å². The standard InChI is InChI=1S/C26H31NO4/c1-4-6-9-15-27-23(21-14-8-7-11-18(21)3)22(25(29)26(27)30)24(28)19-12-10-13-20(17-19)31-16-5-2/h7-8,10-14,17,23,28H,4-6,9,15-16H2,1-3H3/b24-22+. The van der Waals surface area contributed by atoms with E-state index in [4.69, 9.17) is 4.74 Å². The molecular formula is C26H31NO4. The van der Waals surface area contributed by atoms with Gasteiger partial charge in [-0.3, -0.25) is 9.59 Å². The summed E-state index contributed by atoms with van der Waals surface area (Å²) in [7, 11) is 0. The van der Waals surface area contributed by atoms with Gasteiger partial charge in [-0.1, -0.05) is 63.1 Å². The summed E-state index contributed by atoms with van der Waals surface area (Å²) < 4.78 is 5.68. The van der Waals surface area contributed by atoms with Crippen LogP contribution in [0.15, 0.2) is 54.1 Å². The Morgan fingerprint density at radius 1 is 1.03 bits per heavy atom. The largest absolute Gasteiger partial charge is 0.507 e. The maximum atomic E-state index is 13.1. The van der Waals surface area contributed by atoms with E-state index in [1.165, 1.54) is 0 Å². The molecule has 1 atom stereocenters. The number of aryl methyl sites for hydroxylation is 1. The van der Waals surface area contributed by atoms with Crippen LogP contribution in [0.1, 0.15) is 62.3 Å². The Hall–Kier alpha value is -3.08. The van der Waals surface area contributed by atoms with Gasteiger partial charge in [0.25, 0.3) is 11.7 Å². The topological polar surface area (TPSA) is 66.8 Å². The molecule has 1 unspecified atom stereocenters. The highest BCUT2D eigenvalue weighted by atomic mass is 16.5. The minimum atomic E-state index is -0.637. The lowest BCUT2D eigenvalue weighted by Gasteiger charge is -2.26. The predicted molar refractivity (Wildman–Crippen MR) is 122 cm³/mol. The molecule has 0 spiro atoms. The second-order valence-electron chi connectivity index (χ2n) is 7.93. The first-order valence-corrected chi connectivity index (χ1v) is 11.1. The van der Waals surface area contributed by atoms with Crippen molar-refractivity contribution in [3.63, 3.8) is 0 Å². The summed E-state index contributed by atoms with van der Waals surface area (Å²) in [5, 5.41) is 11.2. The van der Waals surface area contributed by atoms with E-state index in [0.717, 1.165) is 36.8 Å². The van der Waals surface area contributed by atoms with Crippen LogP contribution in [0.2, 0.25) is 0 Å². The van der Waals surface area contributed by atoms with Crippen LogP contribution in [0.25, 0.3) is 5.76 Å². The van der Waals surface area contributed by atoms with E-state index < -0.39 is 17.7 Å². The SMILES string of the molecule is CCCCCN1C(=O)C(=O)/C(=C(/O)c2cccc(OCCC)c2)C1c1ccccc1C. The molecule has 2 aromatic rings. The normalized spacial score (nSPS) is 17.9. The van der Waals surface area contributed by atoms with Crippen LogP contribution in [0.4, 0.5) is 0 Å². The van der Waals surface area contributed by atoms with E-state index in [1.807, 2.05) is 44.2 Å². The molecule has 3 rings (SSSR count). The van der Waals surface area contributed by atoms with Crippen molar-refractivity contribution in [1.29, 1.82) is 0 Å². The number of Topliss-reactive ketones (excluding diaryl/α,β-unsaturated/α-hetero) is 1. The van der Waals surface area contributed by atoms with Gasteiger partial charge in [-0.25, -0.2) is 0 Å². The second-order valence-corrected chi connectivity index (χ2v) is 7.93. The summed E-state index contributed by atoms with van der Waals surface area (Å²) in [6, 6.07) is 14.1. The summed E-state index contributed by atoms with van der Waals surface area (Å²) in [4.78, 5) is 27.6. The minimum Gasteiger partial charge on any atom is -0.507 e. The maximum Gasteiger partial charge on any atom is 0.295 e. The summed E-state index contributed by atoms with van der Waals surface area (Å²) in [6.45, 7) is 7.12. The molecular weight excluding hydrogens is 390 g/mol. The fourth-order valence-electron chi connectivity index (χ4n) is 3.97.